The van der Waals surface area contributed by atoms with Gasteiger partial charge >= 0.3 is 0 Å². The number of hydrogen-bond donors (Lipinski definition) is 1. The predicted octanol–water partition coefficient (Wildman–Crippen LogP) is 1.91. The number of rotatable bonds is 2. The van der Waals surface area contributed by atoms with Crippen LogP contribution in [0.1, 0.15) is 49.9 Å². The number of carbonyl (C=O) groups is 1. The molecule has 2 heterocycles. The molecular weight excluding hydrogens is 240 g/mol. The third-order valence-electron chi connectivity index (χ3n) is 2.98. The van der Waals surface area contributed by atoms with Crippen molar-refractivity contribution in [3.63, 3.8) is 0 Å². The van der Waals surface area contributed by atoms with E-state index < -0.39 is 0 Å². The van der Waals surface area contributed by atoms with Gasteiger partial charge in [0, 0.05) is 24.7 Å². The molecule has 0 saturated carbocycles. The number of anilines is 1. The lowest BCUT2D eigenvalue weighted by atomic mass is 10.1. The SMILES string of the molecule is Cc1nc(C(=O)NC(C)(C)C)cc(N2CCCC2)n1. The highest BCUT2D eigenvalue weighted by Gasteiger charge is 2.20. The molecule has 0 atom stereocenters. The standard InChI is InChI=1S/C14H22N4O/c1-10-15-11(13(19)17-14(2,3)4)9-12(16-10)18-7-5-6-8-18/h9H,5-8H2,1-4H3,(H,17,19). The van der Waals surface area contributed by atoms with Gasteiger partial charge in [-0.2, -0.15) is 0 Å². The molecule has 1 amide bonds. The van der Waals surface area contributed by atoms with Crippen LogP contribution in [0.25, 0.3) is 0 Å². The summed E-state index contributed by atoms with van der Waals surface area (Å²) in [5, 5.41) is 2.93. The van der Waals surface area contributed by atoms with E-state index in [1.165, 1.54) is 12.8 Å². The number of nitrogens with zero attached hydrogens (tertiary/aromatic N) is 3. The number of aryl methyl sites for hydroxylation is 1. The van der Waals surface area contributed by atoms with E-state index in [2.05, 4.69) is 20.2 Å². The molecule has 1 saturated heterocycles. The molecular formula is C14H22N4O. The van der Waals surface area contributed by atoms with E-state index in [-0.39, 0.29) is 11.4 Å². The first-order valence-corrected chi connectivity index (χ1v) is 6.78. The van der Waals surface area contributed by atoms with Gasteiger partial charge in [0.2, 0.25) is 0 Å². The Labute approximate surface area is 114 Å². The zero-order valence-corrected chi connectivity index (χ0v) is 12.2. The summed E-state index contributed by atoms with van der Waals surface area (Å²) in [6.07, 6.45) is 2.37. The van der Waals surface area contributed by atoms with Gasteiger partial charge in [0.05, 0.1) is 0 Å². The van der Waals surface area contributed by atoms with Crippen LogP contribution in [0.2, 0.25) is 0 Å². The molecule has 0 aromatic carbocycles. The second kappa shape index (κ2) is 5.15. The lowest BCUT2D eigenvalue weighted by molar-refractivity contribution is 0.0914. The smallest absolute Gasteiger partial charge is 0.270 e. The van der Waals surface area contributed by atoms with Gasteiger partial charge in [-0.05, 0) is 40.5 Å². The number of amides is 1. The minimum Gasteiger partial charge on any atom is -0.356 e. The van der Waals surface area contributed by atoms with E-state index in [4.69, 9.17) is 0 Å². The van der Waals surface area contributed by atoms with Crippen LogP contribution in [0.5, 0.6) is 0 Å². The summed E-state index contributed by atoms with van der Waals surface area (Å²) in [5.74, 6) is 1.37. The molecule has 0 unspecified atom stereocenters. The second-order valence-electron chi connectivity index (χ2n) is 6.06. The van der Waals surface area contributed by atoms with Crippen molar-refractivity contribution >= 4 is 11.7 Å². The molecule has 1 aromatic rings. The van der Waals surface area contributed by atoms with Crippen LogP contribution in [0.4, 0.5) is 5.82 Å². The summed E-state index contributed by atoms with van der Waals surface area (Å²) >= 11 is 0. The van der Waals surface area contributed by atoms with Crippen molar-refractivity contribution in [3.8, 4) is 0 Å². The first kappa shape index (κ1) is 13.8. The Balaban J connectivity index is 2.23. The fourth-order valence-corrected chi connectivity index (χ4v) is 2.18. The zero-order chi connectivity index (χ0) is 14.0. The lowest BCUT2D eigenvalue weighted by Crippen LogP contribution is -2.41. The fourth-order valence-electron chi connectivity index (χ4n) is 2.18. The summed E-state index contributed by atoms with van der Waals surface area (Å²) < 4.78 is 0. The molecule has 2 rings (SSSR count). The summed E-state index contributed by atoms with van der Waals surface area (Å²) in [7, 11) is 0. The largest absolute Gasteiger partial charge is 0.356 e. The van der Waals surface area contributed by atoms with E-state index in [0.29, 0.717) is 11.5 Å². The predicted molar refractivity (Wildman–Crippen MR) is 75.4 cm³/mol. The molecule has 0 radical (unpaired) electrons. The van der Waals surface area contributed by atoms with Crippen molar-refractivity contribution < 1.29 is 4.79 Å². The number of hydrogen-bond acceptors (Lipinski definition) is 4. The molecule has 1 aromatic heterocycles. The first-order valence-electron chi connectivity index (χ1n) is 6.78. The van der Waals surface area contributed by atoms with Gasteiger partial charge in [-0.25, -0.2) is 9.97 Å². The van der Waals surface area contributed by atoms with Gasteiger partial charge in [0.1, 0.15) is 17.3 Å². The average Bonchev–Trinajstić information content (AvgIpc) is 2.79. The molecule has 0 bridgehead atoms. The molecule has 19 heavy (non-hydrogen) atoms. The Hall–Kier alpha value is -1.65. The summed E-state index contributed by atoms with van der Waals surface area (Å²) in [5.41, 5.74) is 0.188. The maximum atomic E-state index is 12.2. The number of aromatic nitrogens is 2. The van der Waals surface area contributed by atoms with Crippen LogP contribution >= 0.6 is 0 Å². The van der Waals surface area contributed by atoms with E-state index in [1.807, 2.05) is 27.7 Å². The summed E-state index contributed by atoms with van der Waals surface area (Å²) in [6.45, 7) is 9.72. The monoisotopic (exact) mass is 262 g/mol. The van der Waals surface area contributed by atoms with Crippen molar-refractivity contribution in [1.82, 2.24) is 15.3 Å². The Morgan fingerprint density at radius 3 is 2.47 bits per heavy atom. The highest BCUT2D eigenvalue weighted by molar-refractivity contribution is 5.93. The minimum absolute atomic E-state index is 0.140. The molecule has 5 heteroatoms. The normalized spacial score (nSPS) is 15.7. The van der Waals surface area contributed by atoms with Crippen LogP contribution in [0.15, 0.2) is 6.07 Å². The molecule has 1 aliphatic heterocycles. The van der Waals surface area contributed by atoms with Crippen molar-refractivity contribution in [2.24, 2.45) is 0 Å². The van der Waals surface area contributed by atoms with Crippen molar-refractivity contribution in [2.75, 3.05) is 18.0 Å². The highest BCUT2D eigenvalue weighted by atomic mass is 16.2. The van der Waals surface area contributed by atoms with Crippen LogP contribution in [0, 0.1) is 6.92 Å². The molecule has 1 fully saturated rings. The molecule has 104 valence electrons. The molecule has 0 aliphatic carbocycles. The molecule has 1 N–H and O–H groups in total. The Bertz CT molecular complexity index is 473. The molecule has 1 aliphatic rings. The summed E-state index contributed by atoms with van der Waals surface area (Å²) in [4.78, 5) is 23.0. The van der Waals surface area contributed by atoms with Crippen LogP contribution in [-0.4, -0.2) is 34.5 Å². The third kappa shape index (κ3) is 3.66. The maximum Gasteiger partial charge on any atom is 0.270 e. The van der Waals surface area contributed by atoms with Crippen LogP contribution in [-0.2, 0) is 0 Å². The highest BCUT2D eigenvalue weighted by Crippen LogP contribution is 2.18. The molecule has 0 spiro atoms. The van der Waals surface area contributed by atoms with Gasteiger partial charge in [-0.1, -0.05) is 0 Å². The van der Waals surface area contributed by atoms with Gasteiger partial charge in [0.25, 0.3) is 5.91 Å². The van der Waals surface area contributed by atoms with Crippen LogP contribution < -0.4 is 10.2 Å². The third-order valence-corrected chi connectivity index (χ3v) is 2.98. The van der Waals surface area contributed by atoms with Crippen molar-refractivity contribution in [3.05, 3.63) is 17.6 Å². The topological polar surface area (TPSA) is 58.1 Å². The minimum atomic E-state index is -0.260. The maximum absolute atomic E-state index is 12.2. The zero-order valence-electron chi connectivity index (χ0n) is 12.2. The van der Waals surface area contributed by atoms with E-state index in [1.54, 1.807) is 6.07 Å². The Morgan fingerprint density at radius 1 is 1.26 bits per heavy atom. The van der Waals surface area contributed by atoms with Gasteiger partial charge in [-0.3, -0.25) is 4.79 Å². The van der Waals surface area contributed by atoms with E-state index >= 15 is 0 Å². The number of carbonyl (C=O) groups excluding carboxylic acids is 1. The second-order valence-corrected chi connectivity index (χ2v) is 6.06. The summed E-state index contributed by atoms with van der Waals surface area (Å²) in [6, 6.07) is 1.79. The van der Waals surface area contributed by atoms with Gasteiger partial charge < -0.3 is 10.2 Å². The Kier molecular flexibility index (Phi) is 3.73. The van der Waals surface area contributed by atoms with E-state index in [9.17, 15) is 4.79 Å². The van der Waals surface area contributed by atoms with Crippen molar-refractivity contribution in [1.29, 1.82) is 0 Å². The fraction of sp³-hybridized carbons (Fsp3) is 0.643. The van der Waals surface area contributed by atoms with Gasteiger partial charge in [-0.15, -0.1) is 0 Å². The van der Waals surface area contributed by atoms with E-state index in [0.717, 1.165) is 18.9 Å². The van der Waals surface area contributed by atoms with Crippen molar-refractivity contribution in [2.45, 2.75) is 46.1 Å². The Morgan fingerprint density at radius 2 is 1.89 bits per heavy atom. The number of nitrogens with one attached hydrogen (secondary N) is 1. The average molecular weight is 262 g/mol. The van der Waals surface area contributed by atoms with Crippen LogP contribution in [0.3, 0.4) is 0 Å². The van der Waals surface area contributed by atoms with Gasteiger partial charge in [0.15, 0.2) is 0 Å². The lowest BCUT2D eigenvalue weighted by Gasteiger charge is -2.21. The quantitative estimate of drug-likeness (QED) is 0.884. The molecule has 5 nitrogen and oxygen atoms in total. The first-order chi connectivity index (χ1) is 8.85.